The highest BCUT2D eigenvalue weighted by atomic mass is 16.7. The first kappa shape index (κ1) is 26.1. The first-order valence-electron chi connectivity index (χ1n) is 12.0. The second-order valence-electron chi connectivity index (χ2n) is 8.97. The molecule has 0 fully saturated rings. The molecule has 8 nitrogen and oxygen atoms in total. The Bertz CT molecular complexity index is 1460. The van der Waals surface area contributed by atoms with E-state index in [0.29, 0.717) is 33.5 Å². The Morgan fingerprint density at radius 3 is 2.49 bits per heavy atom. The van der Waals surface area contributed by atoms with E-state index < -0.39 is 18.6 Å². The van der Waals surface area contributed by atoms with Crippen molar-refractivity contribution < 1.29 is 24.3 Å². The number of aryl methyl sites for hydroxylation is 1. The predicted molar refractivity (Wildman–Crippen MR) is 142 cm³/mol. The summed E-state index contributed by atoms with van der Waals surface area (Å²) in [7, 11) is 0. The number of anilines is 1. The number of para-hydroxylation sites is 1. The summed E-state index contributed by atoms with van der Waals surface area (Å²) in [6, 6.07) is 19.9. The molecule has 0 unspecified atom stereocenters. The van der Waals surface area contributed by atoms with E-state index in [1.807, 2.05) is 56.3 Å². The lowest BCUT2D eigenvalue weighted by Gasteiger charge is -2.20. The molecule has 37 heavy (non-hydrogen) atoms. The van der Waals surface area contributed by atoms with Crippen LogP contribution in [0.3, 0.4) is 0 Å². The monoisotopic (exact) mass is 502 g/mol. The van der Waals surface area contributed by atoms with E-state index >= 15 is 0 Å². The average Bonchev–Trinajstić information content (AvgIpc) is 2.91. The molecule has 3 aromatic carbocycles. The van der Waals surface area contributed by atoms with E-state index in [1.54, 1.807) is 31.2 Å². The molecule has 1 amide bonds. The number of aliphatic hydroxyl groups is 2. The van der Waals surface area contributed by atoms with Crippen LogP contribution in [0.5, 0.6) is 0 Å². The van der Waals surface area contributed by atoms with Crippen LogP contribution in [0.25, 0.3) is 22.3 Å². The minimum absolute atomic E-state index is 0.0840. The standard InChI is InChI=1S/C29H30N2O6/c1-17-13-23(28-24(14-17)26(34)18(2)27(37-28)20-9-5-4-6-10-20)19(3)30-25-12-8-7-11-22(25)29(35)31-36-16-21(33)15-32/h4-14,19,21,30,32-33H,15-16H2,1-3H3,(H,31,35)/t19-,21-/m1/s1. The Kier molecular flexibility index (Phi) is 8.03. The molecule has 0 saturated heterocycles. The fraction of sp³-hybridized carbons (Fsp3) is 0.241. The molecule has 0 aliphatic carbocycles. The molecule has 8 heteroatoms. The molecule has 1 aromatic heterocycles. The highest BCUT2D eigenvalue weighted by Gasteiger charge is 2.20. The zero-order valence-electron chi connectivity index (χ0n) is 20.9. The lowest BCUT2D eigenvalue weighted by molar-refractivity contribution is -0.0295. The maximum atomic E-state index is 13.3. The SMILES string of the molecule is Cc1cc([C@@H](C)Nc2ccccc2C(=O)NOC[C@H](O)CO)c2oc(-c3ccccc3)c(C)c(=O)c2c1. The molecular formula is C29H30N2O6. The first-order chi connectivity index (χ1) is 17.8. The van der Waals surface area contributed by atoms with Crippen LogP contribution in [0.15, 0.2) is 75.9 Å². The third-order valence-corrected chi connectivity index (χ3v) is 6.09. The maximum absolute atomic E-state index is 13.3. The summed E-state index contributed by atoms with van der Waals surface area (Å²) in [5.74, 6) is 0.0143. The molecule has 192 valence electrons. The van der Waals surface area contributed by atoms with Crippen molar-refractivity contribution in [1.82, 2.24) is 5.48 Å². The second kappa shape index (κ2) is 11.4. The number of nitrogens with one attached hydrogen (secondary N) is 2. The molecule has 0 spiro atoms. The van der Waals surface area contributed by atoms with Gasteiger partial charge in [-0.15, -0.1) is 0 Å². The van der Waals surface area contributed by atoms with Gasteiger partial charge < -0.3 is 19.9 Å². The molecular weight excluding hydrogens is 472 g/mol. The third kappa shape index (κ3) is 5.72. The van der Waals surface area contributed by atoms with Crippen LogP contribution in [-0.2, 0) is 4.84 Å². The maximum Gasteiger partial charge on any atom is 0.276 e. The average molecular weight is 503 g/mol. The molecule has 0 aliphatic rings. The Balaban J connectivity index is 1.70. The van der Waals surface area contributed by atoms with Gasteiger partial charge in [-0.25, -0.2) is 5.48 Å². The zero-order chi connectivity index (χ0) is 26.5. The van der Waals surface area contributed by atoms with Crippen LogP contribution in [0.1, 0.15) is 40.0 Å². The highest BCUT2D eigenvalue weighted by Crippen LogP contribution is 2.32. The summed E-state index contributed by atoms with van der Waals surface area (Å²) in [5, 5.41) is 22.2. The van der Waals surface area contributed by atoms with E-state index in [0.717, 1.165) is 16.7 Å². The number of benzene rings is 3. The van der Waals surface area contributed by atoms with Crippen molar-refractivity contribution in [3.05, 3.63) is 99.2 Å². The van der Waals surface area contributed by atoms with E-state index in [1.165, 1.54) is 0 Å². The molecule has 0 bridgehead atoms. The third-order valence-electron chi connectivity index (χ3n) is 6.09. The lowest BCUT2D eigenvalue weighted by atomic mass is 9.98. The highest BCUT2D eigenvalue weighted by molar-refractivity contribution is 5.99. The number of carbonyl (C=O) groups is 1. The van der Waals surface area contributed by atoms with Crippen LogP contribution in [0, 0.1) is 13.8 Å². The summed E-state index contributed by atoms with van der Waals surface area (Å²) in [4.78, 5) is 31.1. The minimum Gasteiger partial charge on any atom is -0.455 e. The van der Waals surface area contributed by atoms with Crippen LogP contribution < -0.4 is 16.2 Å². The summed E-state index contributed by atoms with van der Waals surface area (Å²) in [6.07, 6.45) is -1.10. The van der Waals surface area contributed by atoms with Gasteiger partial charge in [-0.2, -0.15) is 0 Å². The molecule has 4 N–H and O–H groups in total. The van der Waals surface area contributed by atoms with Crippen LogP contribution in [0.2, 0.25) is 0 Å². The molecule has 4 aromatic rings. The Hall–Kier alpha value is -3.98. The summed E-state index contributed by atoms with van der Waals surface area (Å²) in [5.41, 5.74) is 6.62. The fourth-order valence-electron chi connectivity index (χ4n) is 4.18. The number of hydrogen-bond acceptors (Lipinski definition) is 7. The first-order valence-corrected chi connectivity index (χ1v) is 12.0. The van der Waals surface area contributed by atoms with Crippen molar-refractivity contribution >= 4 is 22.6 Å². The summed E-state index contributed by atoms with van der Waals surface area (Å²) in [6.45, 7) is 4.91. The molecule has 0 radical (unpaired) electrons. The molecule has 2 atom stereocenters. The smallest absolute Gasteiger partial charge is 0.276 e. The van der Waals surface area contributed by atoms with Crippen molar-refractivity contribution in [2.24, 2.45) is 0 Å². The van der Waals surface area contributed by atoms with Gasteiger partial charge in [-0.1, -0.05) is 48.5 Å². The van der Waals surface area contributed by atoms with E-state index in [9.17, 15) is 14.7 Å². The number of fused-ring (bicyclic) bond motifs is 1. The van der Waals surface area contributed by atoms with Crippen molar-refractivity contribution in [2.45, 2.75) is 32.9 Å². The van der Waals surface area contributed by atoms with Crippen LogP contribution in [-0.4, -0.2) is 35.4 Å². The van der Waals surface area contributed by atoms with Gasteiger partial charge in [-0.05, 0) is 44.5 Å². The number of amides is 1. The van der Waals surface area contributed by atoms with Crippen molar-refractivity contribution in [3.8, 4) is 11.3 Å². The molecule has 4 rings (SSSR count). The number of hydrogen-bond donors (Lipinski definition) is 4. The second-order valence-corrected chi connectivity index (χ2v) is 8.97. The van der Waals surface area contributed by atoms with Gasteiger partial charge in [0.15, 0.2) is 5.43 Å². The summed E-state index contributed by atoms with van der Waals surface area (Å²) < 4.78 is 6.38. The Labute approximate surface area is 214 Å². The predicted octanol–water partition coefficient (Wildman–Crippen LogP) is 4.26. The Morgan fingerprint density at radius 2 is 1.76 bits per heavy atom. The van der Waals surface area contributed by atoms with Crippen LogP contribution in [0.4, 0.5) is 5.69 Å². The van der Waals surface area contributed by atoms with Crippen LogP contribution >= 0.6 is 0 Å². The van der Waals surface area contributed by atoms with Crippen molar-refractivity contribution in [1.29, 1.82) is 0 Å². The van der Waals surface area contributed by atoms with Crippen molar-refractivity contribution in [3.63, 3.8) is 0 Å². The van der Waals surface area contributed by atoms with Gasteiger partial charge in [-0.3, -0.25) is 14.4 Å². The number of rotatable bonds is 9. The molecule has 0 aliphatic heterocycles. The van der Waals surface area contributed by atoms with E-state index in [4.69, 9.17) is 14.4 Å². The molecule has 0 saturated carbocycles. The normalized spacial score (nSPS) is 12.8. The van der Waals surface area contributed by atoms with Gasteiger partial charge in [0.2, 0.25) is 0 Å². The summed E-state index contributed by atoms with van der Waals surface area (Å²) >= 11 is 0. The quantitative estimate of drug-likeness (QED) is 0.252. The van der Waals surface area contributed by atoms with Crippen molar-refractivity contribution in [2.75, 3.05) is 18.5 Å². The lowest BCUT2D eigenvalue weighted by Crippen LogP contribution is -2.30. The van der Waals surface area contributed by atoms with E-state index in [2.05, 4.69) is 10.8 Å². The van der Waals surface area contributed by atoms with Gasteiger partial charge >= 0.3 is 0 Å². The number of aliphatic hydroxyl groups excluding tert-OH is 2. The topological polar surface area (TPSA) is 121 Å². The fourth-order valence-corrected chi connectivity index (χ4v) is 4.18. The number of hydroxylamine groups is 1. The number of carbonyl (C=O) groups excluding carboxylic acids is 1. The molecule has 1 heterocycles. The largest absolute Gasteiger partial charge is 0.455 e. The minimum atomic E-state index is -1.10. The van der Waals surface area contributed by atoms with Gasteiger partial charge in [0, 0.05) is 22.4 Å². The van der Waals surface area contributed by atoms with Gasteiger partial charge in [0.1, 0.15) is 24.1 Å². The Morgan fingerprint density at radius 1 is 1.05 bits per heavy atom. The zero-order valence-corrected chi connectivity index (χ0v) is 20.9. The van der Waals surface area contributed by atoms with Gasteiger partial charge in [0.25, 0.3) is 5.91 Å². The van der Waals surface area contributed by atoms with Gasteiger partial charge in [0.05, 0.1) is 23.6 Å². The van der Waals surface area contributed by atoms with E-state index in [-0.39, 0.29) is 18.1 Å².